The van der Waals surface area contributed by atoms with Crippen molar-refractivity contribution in [3.05, 3.63) is 99.3 Å². The average molecular weight is 824 g/mol. The van der Waals surface area contributed by atoms with Crippen LogP contribution in [0.25, 0.3) is 11.3 Å². The van der Waals surface area contributed by atoms with E-state index in [4.69, 9.17) is 16.3 Å². The van der Waals surface area contributed by atoms with Gasteiger partial charge in [-0.05, 0) is 80.3 Å². The van der Waals surface area contributed by atoms with Gasteiger partial charge in [0.2, 0.25) is 11.9 Å². The topological polar surface area (TPSA) is 209 Å². The lowest BCUT2D eigenvalue weighted by Crippen LogP contribution is -2.44. The number of aliphatic carboxylic acids is 1. The quantitative estimate of drug-likeness (QED) is 0.0665. The molecule has 57 heavy (non-hydrogen) atoms. The Balaban J connectivity index is 1.04. The highest BCUT2D eigenvalue weighted by Crippen LogP contribution is 2.48. The van der Waals surface area contributed by atoms with E-state index in [-0.39, 0.29) is 30.4 Å². The number of carbonyl (C=O) groups is 4. The fraction of sp³-hybridized carbons (Fsp3) is 0.243. The second-order valence-corrected chi connectivity index (χ2v) is 14.3. The first kappa shape index (κ1) is 40.3. The van der Waals surface area contributed by atoms with Crippen LogP contribution in [0.15, 0.2) is 78.2 Å². The van der Waals surface area contributed by atoms with E-state index >= 15 is 0 Å². The SMILES string of the molecule is Cc1nc(-c2cccc(NC(=O)C(=O)NCC[C@H](NC(=O)c3ccc(Nc4nc(NC5(c6ccc(Cl)cc6)CC5)nc(OCC(F)(F)F)n4)cc3)C(=O)O)c2)cs1. The van der Waals surface area contributed by atoms with Crippen LogP contribution in [0.2, 0.25) is 5.02 Å². The van der Waals surface area contributed by atoms with Gasteiger partial charge in [0.15, 0.2) is 6.61 Å². The minimum Gasteiger partial charge on any atom is -0.480 e. The molecule has 3 amide bonds. The molecule has 2 heterocycles. The minimum absolute atomic E-state index is 0.0444. The minimum atomic E-state index is -4.65. The number of halogens is 4. The molecule has 1 fully saturated rings. The molecular formula is C37H33ClF3N9O6S. The van der Waals surface area contributed by atoms with Crippen molar-refractivity contribution in [1.82, 2.24) is 30.6 Å². The van der Waals surface area contributed by atoms with Gasteiger partial charge in [0, 0.05) is 39.4 Å². The summed E-state index contributed by atoms with van der Waals surface area (Å²) in [6, 6.07) is 17.5. The third-order valence-electron chi connectivity index (χ3n) is 8.44. The van der Waals surface area contributed by atoms with Gasteiger partial charge in [-0.3, -0.25) is 14.4 Å². The van der Waals surface area contributed by atoms with Crippen LogP contribution in [0.4, 0.5) is 36.4 Å². The number of hydrogen-bond acceptors (Lipinski definition) is 12. The van der Waals surface area contributed by atoms with Crippen LogP contribution in [0.5, 0.6) is 6.01 Å². The molecule has 0 spiro atoms. The molecule has 1 aliphatic rings. The molecule has 2 aromatic heterocycles. The lowest BCUT2D eigenvalue weighted by Gasteiger charge is -2.19. The van der Waals surface area contributed by atoms with Gasteiger partial charge in [0.05, 0.1) is 16.2 Å². The number of aryl methyl sites for hydroxylation is 1. The van der Waals surface area contributed by atoms with E-state index in [1.807, 2.05) is 30.5 Å². The summed E-state index contributed by atoms with van der Waals surface area (Å²) in [4.78, 5) is 66.6. The highest BCUT2D eigenvalue weighted by Gasteiger charge is 2.45. The zero-order chi connectivity index (χ0) is 40.7. The number of nitrogens with zero attached hydrogens (tertiary/aromatic N) is 4. The first-order chi connectivity index (χ1) is 27.1. The number of alkyl halides is 3. The highest BCUT2D eigenvalue weighted by molar-refractivity contribution is 7.09. The van der Waals surface area contributed by atoms with E-state index in [1.54, 1.807) is 30.3 Å². The number of thiazole rings is 1. The summed E-state index contributed by atoms with van der Waals surface area (Å²) >= 11 is 7.50. The first-order valence-electron chi connectivity index (χ1n) is 17.2. The number of aromatic nitrogens is 4. The molecule has 6 N–H and O–H groups in total. The Morgan fingerprint density at radius 1 is 0.930 bits per heavy atom. The van der Waals surface area contributed by atoms with Crippen LogP contribution in [-0.2, 0) is 19.9 Å². The molecule has 15 nitrogen and oxygen atoms in total. The molecule has 6 rings (SSSR count). The number of ether oxygens (including phenoxy) is 1. The number of carboxylic acids is 1. The molecule has 0 aliphatic heterocycles. The monoisotopic (exact) mass is 823 g/mol. The van der Waals surface area contributed by atoms with Gasteiger partial charge >= 0.3 is 30.0 Å². The summed E-state index contributed by atoms with van der Waals surface area (Å²) < 4.78 is 43.7. The smallest absolute Gasteiger partial charge is 0.422 e. The Hall–Kier alpha value is -6.34. The Labute approximate surface area is 331 Å². The Kier molecular flexibility index (Phi) is 12.2. The van der Waals surface area contributed by atoms with Crippen molar-refractivity contribution in [3.8, 4) is 17.3 Å². The van der Waals surface area contributed by atoms with Crippen LogP contribution < -0.4 is 31.3 Å². The predicted molar refractivity (Wildman–Crippen MR) is 205 cm³/mol. The van der Waals surface area contributed by atoms with Gasteiger partial charge in [0.25, 0.3) is 5.91 Å². The van der Waals surface area contributed by atoms with Gasteiger partial charge in [-0.25, -0.2) is 9.78 Å². The normalized spacial score (nSPS) is 13.5. The van der Waals surface area contributed by atoms with E-state index in [9.17, 15) is 37.5 Å². The molecule has 5 aromatic rings. The fourth-order valence-electron chi connectivity index (χ4n) is 5.46. The number of benzene rings is 3. The molecule has 0 saturated heterocycles. The maximum Gasteiger partial charge on any atom is 0.422 e. The van der Waals surface area contributed by atoms with Crippen LogP contribution in [0, 0.1) is 6.92 Å². The predicted octanol–water partition coefficient (Wildman–Crippen LogP) is 6.07. The molecule has 3 aromatic carbocycles. The van der Waals surface area contributed by atoms with Gasteiger partial charge in [-0.2, -0.15) is 28.1 Å². The van der Waals surface area contributed by atoms with Crippen molar-refractivity contribution in [1.29, 1.82) is 0 Å². The largest absolute Gasteiger partial charge is 0.480 e. The van der Waals surface area contributed by atoms with Crippen molar-refractivity contribution in [3.63, 3.8) is 0 Å². The van der Waals surface area contributed by atoms with Crippen molar-refractivity contribution >= 4 is 69.9 Å². The molecule has 0 bridgehead atoms. The summed E-state index contributed by atoms with van der Waals surface area (Å²) in [7, 11) is 0. The summed E-state index contributed by atoms with van der Waals surface area (Å²) in [6.07, 6.45) is -3.49. The number of rotatable bonds is 15. The average Bonchev–Trinajstić information content (AvgIpc) is 3.81. The molecule has 1 atom stereocenters. The first-order valence-corrected chi connectivity index (χ1v) is 18.4. The van der Waals surface area contributed by atoms with E-state index in [2.05, 4.69) is 46.5 Å². The lowest BCUT2D eigenvalue weighted by atomic mass is 10.1. The number of hydrogen-bond donors (Lipinski definition) is 6. The van der Waals surface area contributed by atoms with Crippen molar-refractivity contribution in [2.75, 3.05) is 29.1 Å². The van der Waals surface area contributed by atoms with E-state index in [0.29, 0.717) is 29.2 Å². The van der Waals surface area contributed by atoms with Crippen molar-refractivity contribution < 1.29 is 42.2 Å². The van der Waals surface area contributed by atoms with Gasteiger partial charge in [-0.1, -0.05) is 35.9 Å². The lowest BCUT2D eigenvalue weighted by molar-refractivity contribution is -0.154. The van der Waals surface area contributed by atoms with Gasteiger partial charge < -0.3 is 36.4 Å². The third kappa shape index (κ3) is 11.1. The number of carbonyl (C=O) groups excluding carboxylic acids is 3. The summed E-state index contributed by atoms with van der Waals surface area (Å²) in [6.45, 7) is -0.0137. The number of nitrogens with one attached hydrogen (secondary N) is 5. The number of amides is 3. The van der Waals surface area contributed by atoms with Crippen LogP contribution in [0.3, 0.4) is 0 Å². The Morgan fingerprint density at radius 2 is 1.65 bits per heavy atom. The second-order valence-electron chi connectivity index (χ2n) is 12.8. The van der Waals surface area contributed by atoms with E-state index < -0.39 is 54.1 Å². The maximum atomic E-state index is 13.0. The zero-order valence-electron chi connectivity index (χ0n) is 29.8. The summed E-state index contributed by atoms with van der Waals surface area (Å²) in [5.74, 6) is -4.30. The standard InChI is InChI=1S/C37H33ClF3N9O6S/c1-20-43-28(18-57-20)22-3-2-4-26(17-22)44-31(53)30(52)42-16-13-27(32(54)55)46-29(51)21-5-11-25(12-6-21)45-33-47-34(49-35(48-33)56-19-37(39,40)41)50-36(14-15-36)23-7-9-24(38)10-8-23/h2-12,17-18,27H,13-16,19H2,1H3,(H,42,52)(H,44,53)(H,46,51)(H,54,55)(H2,45,47,48,49,50)/t27-/m0/s1. The molecular weight excluding hydrogens is 791 g/mol. The number of anilines is 4. The zero-order valence-corrected chi connectivity index (χ0v) is 31.4. The molecule has 20 heteroatoms. The van der Waals surface area contributed by atoms with Crippen molar-refractivity contribution in [2.45, 2.75) is 43.9 Å². The molecule has 0 radical (unpaired) electrons. The summed E-state index contributed by atoms with van der Waals surface area (Å²) in [5, 5.41) is 26.3. The van der Waals surface area contributed by atoms with E-state index in [0.717, 1.165) is 21.8 Å². The fourth-order valence-corrected chi connectivity index (χ4v) is 6.20. The number of carboxylic acid groups (broad SMARTS) is 1. The molecule has 296 valence electrons. The molecule has 0 unspecified atom stereocenters. The van der Waals surface area contributed by atoms with Crippen LogP contribution >= 0.6 is 22.9 Å². The Morgan fingerprint density at radius 3 is 2.30 bits per heavy atom. The summed E-state index contributed by atoms with van der Waals surface area (Å²) in [5.41, 5.74) is 2.54. The molecule has 1 saturated carbocycles. The second kappa shape index (κ2) is 17.2. The highest BCUT2D eigenvalue weighted by atomic mass is 35.5. The third-order valence-corrected chi connectivity index (χ3v) is 9.47. The van der Waals surface area contributed by atoms with Gasteiger partial charge in [-0.15, -0.1) is 11.3 Å². The molecule has 1 aliphatic carbocycles. The van der Waals surface area contributed by atoms with E-state index in [1.165, 1.54) is 35.6 Å². The van der Waals surface area contributed by atoms with Crippen molar-refractivity contribution in [2.24, 2.45) is 0 Å². The van der Waals surface area contributed by atoms with Crippen LogP contribution in [0.1, 0.15) is 40.2 Å². The van der Waals surface area contributed by atoms with Crippen LogP contribution in [-0.4, -0.2) is 74.1 Å². The maximum absolute atomic E-state index is 13.0. The van der Waals surface area contributed by atoms with Gasteiger partial charge in [0.1, 0.15) is 6.04 Å². The Bertz CT molecular complexity index is 2270.